The minimum Gasteiger partial charge on any atom is -0.491 e. The standard InChI is InChI=1S/C23H33N5O3/c1-15(2)24-23(30)28-10-11-31-21-8-6-18(12-19(21)13-28)7-9-22(29)25-16(3)20-14-27(5)26-17(20)4/h6,8,12,14-16H,7,9-11,13H2,1-5H3,(H,24,30)(H,25,29). The number of aryl methyl sites for hydroxylation is 3. The van der Waals surface area contributed by atoms with E-state index in [0.29, 0.717) is 32.5 Å². The van der Waals surface area contributed by atoms with Crippen LogP contribution >= 0.6 is 0 Å². The van der Waals surface area contributed by atoms with Crippen molar-refractivity contribution in [2.45, 2.75) is 59.2 Å². The number of benzene rings is 1. The second-order valence-electron chi connectivity index (χ2n) is 8.45. The largest absolute Gasteiger partial charge is 0.491 e. The zero-order chi connectivity index (χ0) is 22.5. The van der Waals surface area contributed by atoms with Crippen molar-refractivity contribution in [3.05, 3.63) is 46.8 Å². The molecule has 1 aromatic heterocycles. The maximum Gasteiger partial charge on any atom is 0.318 e. The predicted molar refractivity (Wildman–Crippen MR) is 119 cm³/mol. The van der Waals surface area contributed by atoms with Crippen molar-refractivity contribution in [2.75, 3.05) is 13.2 Å². The molecule has 2 N–H and O–H groups in total. The highest BCUT2D eigenvalue weighted by atomic mass is 16.5. The van der Waals surface area contributed by atoms with E-state index in [1.807, 2.05) is 59.1 Å². The lowest BCUT2D eigenvalue weighted by Gasteiger charge is -2.22. The number of urea groups is 1. The lowest BCUT2D eigenvalue weighted by atomic mass is 10.0. The number of aromatic nitrogens is 2. The fraction of sp³-hybridized carbons (Fsp3) is 0.522. The Kier molecular flexibility index (Phi) is 7.20. The molecule has 2 heterocycles. The summed E-state index contributed by atoms with van der Waals surface area (Å²) in [7, 11) is 1.88. The van der Waals surface area contributed by atoms with Crippen LogP contribution in [0.25, 0.3) is 0 Å². The summed E-state index contributed by atoms with van der Waals surface area (Å²) in [6.07, 6.45) is 2.95. The molecule has 0 bridgehead atoms. The van der Waals surface area contributed by atoms with Crippen LogP contribution in [-0.2, 0) is 24.8 Å². The summed E-state index contributed by atoms with van der Waals surface area (Å²) in [5.41, 5.74) is 3.97. The van der Waals surface area contributed by atoms with Gasteiger partial charge in [-0.15, -0.1) is 0 Å². The molecule has 1 aliphatic rings. The zero-order valence-electron chi connectivity index (χ0n) is 19.1. The lowest BCUT2D eigenvalue weighted by Crippen LogP contribution is -2.43. The number of amides is 3. The van der Waals surface area contributed by atoms with Crippen molar-refractivity contribution >= 4 is 11.9 Å². The topological polar surface area (TPSA) is 88.5 Å². The van der Waals surface area contributed by atoms with Gasteiger partial charge in [0, 0.05) is 36.8 Å². The summed E-state index contributed by atoms with van der Waals surface area (Å²) in [6.45, 7) is 9.30. The monoisotopic (exact) mass is 427 g/mol. The smallest absolute Gasteiger partial charge is 0.318 e. The molecule has 3 rings (SSSR count). The van der Waals surface area contributed by atoms with Crippen molar-refractivity contribution in [1.82, 2.24) is 25.3 Å². The molecule has 168 valence electrons. The third-order valence-corrected chi connectivity index (χ3v) is 5.34. The molecule has 3 amide bonds. The molecule has 0 radical (unpaired) electrons. The third-order valence-electron chi connectivity index (χ3n) is 5.34. The van der Waals surface area contributed by atoms with Crippen LogP contribution in [-0.4, -0.2) is 45.8 Å². The van der Waals surface area contributed by atoms with E-state index < -0.39 is 0 Å². The fourth-order valence-corrected chi connectivity index (χ4v) is 3.81. The van der Waals surface area contributed by atoms with E-state index in [9.17, 15) is 9.59 Å². The molecular weight excluding hydrogens is 394 g/mol. The van der Waals surface area contributed by atoms with Gasteiger partial charge in [-0.25, -0.2) is 4.79 Å². The lowest BCUT2D eigenvalue weighted by molar-refractivity contribution is -0.121. The number of rotatable bonds is 6. The third kappa shape index (κ3) is 5.99. The second kappa shape index (κ2) is 9.85. The van der Waals surface area contributed by atoms with Gasteiger partial charge in [-0.05, 0) is 45.7 Å². The van der Waals surface area contributed by atoms with Crippen LogP contribution in [0, 0.1) is 6.92 Å². The average molecular weight is 428 g/mol. The van der Waals surface area contributed by atoms with E-state index in [1.54, 1.807) is 9.58 Å². The number of carbonyl (C=O) groups is 2. The van der Waals surface area contributed by atoms with Gasteiger partial charge < -0.3 is 20.3 Å². The molecule has 1 unspecified atom stereocenters. The van der Waals surface area contributed by atoms with E-state index in [1.165, 1.54) is 0 Å². The van der Waals surface area contributed by atoms with Crippen molar-refractivity contribution < 1.29 is 14.3 Å². The number of carbonyl (C=O) groups excluding carboxylic acids is 2. The summed E-state index contributed by atoms with van der Waals surface area (Å²) >= 11 is 0. The molecule has 1 aromatic carbocycles. The number of nitrogens with one attached hydrogen (secondary N) is 2. The van der Waals surface area contributed by atoms with Gasteiger partial charge in [-0.2, -0.15) is 5.10 Å². The molecular formula is C23H33N5O3. The fourth-order valence-electron chi connectivity index (χ4n) is 3.81. The van der Waals surface area contributed by atoms with E-state index in [-0.39, 0.29) is 24.0 Å². The summed E-state index contributed by atoms with van der Waals surface area (Å²) in [4.78, 5) is 26.7. The molecule has 2 aromatic rings. The molecule has 0 aliphatic carbocycles. The van der Waals surface area contributed by atoms with Gasteiger partial charge in [0.1, 0.15) is 12.4 Å². The molecule has 0 spiro atoms. The van der Waals surface area contributed by atoms with E-state index in [4.69, 9.17) is 4.74 Å². The second-order valence-corrected chi connectivity index (χ2v) is 8.45. The molecule has 8 nitrogen and oxygen atoms in total. The Bertz CT molecular complexity index is 937. The summed E-state index contributed by atoms with van der Waals surface area (Å²) in [6, 6.07) is 5.88. The van der Waals surface area contributed by atoms with E-state index in [2.05, 4.69) is 15.7 Å². The van der Waals surface area contributed by atoms with Crippen molar-refractivity contribution in [2.24, 2.45) is 7.05 Å². The summed E-state index contributed by atoms with van der Waals surface area (Å²) in [5.74, 6) is 0.800. The Balaban J connectivity index is 1.59. The van der Waals surface area contributed by atoms with E-state index >= 15 is 0 Å². The van der Waals surface area contributed by atoms with Gasteiger partial charge in [-0.3, -0.25) is 9.48 Å². The summed E-state index contributed by atoms with van der Waals surface area (Å²) < 4.78 is 7.58. The van der Waals surface area contributed by atoms with Gasteiger partial charge in [0.2, 0.25) is 5.91 Å². The van der Waals surface area contributed by atoms with Gasteiger partial charge in [0.25, 0.3) is 0 Å². The first-order valence-corrected chi connectivity index (χ1v) is 10.8. The van der Waals surface area contributed by atoms with Crippen LogP contribution < -0.4 is 15.4 Å². The maximum absolute atomic E-state index is 12.5. The first-order valence-electron chi connectivity index (χ1n) is 10.8. The first-order chi connectivity index (χ1) is 14.7. The number of hydrogen-bond donors (Lipinski definition) is 2. The van der Waals surface area contributed by atoms with E-state index in [0.717, 1.165) is 28.1 Å². The molecule has 8 heteroatoms. The number of fused-ring (bicyclic) bond motifs is 1. The van der Waals surface area contributed by atoms with Crippen molar-refractivity contribution in [1.29, 1.82) is 0 Å². The first kappa shape index (κ1) is 22.7. The average Bonchev–Trinajstić information content (AvgIpc) is 2.91. The quantitative estimate of drug-likeness (QED) is 0.742. The number of hydrogen-bond acceptors (Lipinski definition) is 4. The number of ether oxygens (including phenoxy) is 1. The van der Waals surface area contributed by atoms with Gasteiger partial charge >= 0.3 is 6.03 Å². The Hall–Kier alpha value is -3.03. The minimum atomic E-state index is -0.0883. The molecule has 0 saturated heterocycles. The Morgan fingerprint density at radius 1 is 1.23 bits per heavy atom. The molecule has 31 heavy (non-hydrogen) atoms. The van der Waals surface area contributed by atoms with Crippen molar-refractivity contribution in [3.63, 3.8) is 0 Å². The van der Waals surface area contributed by atoms with Gasteiger partial charge in [0.15, 0.2) is 0 Å². The van der Waals surface area contributed by atoms with Crippen LogP contribution in [0.4, 0.5) is 4.79 Å². The van der Waals surface area contributed by atoms with Crippen LogP contribution in [0.2, 0.25) is 0 Å². The molecule has 1 aliphatic heterocycles. The minimum absolute atomic E-state index is 0.000108. The highest BCUT2D eigenvalue weighted by Gasteiger charge is 2.21. The van der Waals surface area contributed by atoms with Crippen LogP contribution in [0.1, 0.15) is 55.6 Å². The Labute approximate surface area is 183 Å². The zero-order valence-corrected chi connectivity index (χ0v) is 19.1. The SMILES string of the molecule is Cc1nn(C)cc1C(C)NC(=O)CCc1ccc2c(c1)CN(C(=O)NC(C)C)CCO2. The van der Waals surface area contributed by atoms with Crippen LogP contribution in [0.15, 0.2) is 24.4 Å². The molecule has 0 fully saturated rings. The van der Waals surface area contributed by atoms with Gasteiger partial charge in [-0.1, -0.05) is 12.1 Å². The predicted octanol–water partition coefficient (Wildman–Crippen LogP) is 2.85. The molecule has 1 atom stereocenters. The van der Waals surface area contributed by atoms with Gasteiger partial charge in [0.05, 0.1) is 24.8 Å². The Morgan fingerprint density at radius 3 is 2.68 bits per heavy atom. The van der Waals surface area contributed by atoms with Crippen LogP contribution in [0.5, 0.6) is 5.75 Å². The molecule has 0 saturated carbocycles. The number of nitrogens with zero attached hydrogens (tertiary/aromatic N) is 3. The maximum atomic E-state index is 12.5. The van der Waals surface area contributed by atoms with Crippen molar-refractivity contribution in [3.8, 4) is 5.75 Å². The summed E-state index contributed by atoms with van der Waals surface area (Å²) in [5, 5.41) is 10.3. The normalized spacial score (nSPS) is 14.5. The Morgan fingerprint density at radius 2 is 2.00 bits per heavy atom. The van der Waals surface area contributed by atoms with Crippen LogP contribution in [0.3, 0.4) is 0 Å². The highest BCUT2D eigenvalue weighted by molar-refractivity contribution is 5.77. The highest BCUT2D eigenvalue weighted by Crippen LogP contribution is 2.25.